The molecular weight excluding hydrogens is 254 g/mol. The predicted molar refractivity (Wildman–Crippen MR) is 76.1 cm³/mol. The molecule has 1 saturated carbocycles. The van der Waals surface area contributed by atoms with E-state index in [1.165, 1.54) is 25.7 Å². The predicted octanol–water partition coefficient (Wildman–Crippen LogP) is 3.17. The van der Waals surface area contributed by atoms with Gasteiger partial charge in [0.1, 0.15) is 5.75 Å². The molecule has 1 N–H and O–H groups in total. The van der Waals surface area contributed by atoms with Crippen molar-refractivity contribution in [1.29, 1.82) is 0 Å². The highest BCUT2D eigenvalue weighted by Crippen LogP contribution is 2.31. The van der Waals surface area contributed by atoms with Crippen LogP contribution in [0.1, 0.15) is 48.9 Å². The number of hydrogen-bond acceptors (Lipinski definition) is 3. The Morgan fingerprint density at radius 3 is 2.90 bits per heavy atom. The first-order valence-corrected chi connectivity index (χ1v) is 7.32. The molecule has 0 spiro atoms. The van der Waals surface area contributed by atoms with Crippen LogP contribution in [0.2, 0.25) is 0 Å². The van der Waals surface area contributed by atoms with Crippen molar-refractivity contribution in [2.24, 2.45) is 5.92 Å². The summed E-state index contributed by atoms with van der Waals surface area (Å²) >= 11 is 0. The second kappa shape index (κ2) is 5.65. The average Bonchev–Trinajstić information content (AvgIpc) is 2.97. The molecule has 1 fully saturated rings. The van der Waals surface area contributed by atoms with Gasteiger partial charge in [0.25, 0.3) is 5.91 Å². The lowest BCUT2D eigenvalue weighted by molar-refractivity contribution is -0.118. The van der Waals surface area contributed by atoms with Crippen LogP contribution in [0.15, 0.2) is 18.2 Å². The number of carbonyl (C=O) groups is 2. The van der Waals surface area contributed by atoms with Gasteiger partial charge in [-0.2, -0.15) is 0 Å². The number of rotatable bonds is 4. The van der Waals surface area contributed by atoms with Crippen LogP contribution in [-0.2, 0) is 4.79 Å². The van der Waals surface area contributed by atoms with E-state index in [1.807, 2.05) is 0 Å². The molecule has 4 heteroatoms. The molecule has 0 unspecified atom stereocenters. The Morgan fingerprint density at radius 2 is 2.10 bits per heavy atom. The van der Waals surface area contributed by atoms with E-state index in [1.54, 1.807) is 18.2 Å². The summed E-state index contributed by atoms with van der Waals surface area (Å²) in [7, 11) is 0. The maximum absolute atomic E-state index is 12.2. The summed E-state index contributed by atoms with van der Waals surface area (Å²) in [6.07, 6.45) is 6.72. The zero-order valence-electron chi connectivity index (χ0n) is 11.5. The van der Waals surface area contributed by atoms with Gasteiger partial charge in [-0.25, -0.2) is 0 Å². The molecule has 0 bridgehead atoms. The lowest BCUT2D eigenvalue weighted by atomic mass is 9.97. The van der Waals surface area contributed by atoms with Gasteiger partial charge in [0, 0.05) is 12.0 Å². The Balaban J connectivity index is 1.65. The van der Waals surface area contributed by atoms with Crippen LogP contribution in [0, 0.1) is 5.92 Å². The second-order valence-electron chi connectivity index (χ2n) is 5.66. The SMILES string of the molecule is O=C1COc2ccc(C(=O)CCC3CCCC3)cc2N1. The molecule has 3 rings (SSSR count). The smallest absolute Gasteiger partial charge is 0.262 e. The Kier molecular flexibility index (Phi) is 3.72. The van der Waals surface area contributed by atoms with E-state index >= 15 is 0 Å². The normalized spacial score (nSPS) is 18.3. The number of anilines is 1. The highest BCUT2D eigenvalue weighted by atomic mass is 16.5. The number of carbonyl (C=O) groups excluding carboxylic acids is 2. The number of hydrogen-bond donors (Lipinski definition) is 1. The standard InChI is InChI=1S/C16H19NO3/c18-14(7-5-11-3-1-2-4-11)12-6-8-15-13(9-12)17-16(19)10-20-15/h6,8-9,11H,1-5,7,10H2,(H,17,19). The van der Waals surface area contributed by atoms with Crippen molar-refractivity contribution < 1.29 is 14.3 Å². The van der Waals surface area contributed by atoms with Crippen LogP contribution in [0.3, 0.4) is 0 Å². The highest BCUT2D eigenvalue weighted by Gasteiger charge is 2.19. The third kappa shape index (κ3) is 2.84. The third-order valence-electron chi connectivity index (χ3n) is 4.19. The summed E-state index contributed by atoms with van der Waals surface area (Å²) in [4.78, 5) is 23.5. The van der Waals surface area contributed by atoms with E-state index in [9.17, 15) is 9.59 Å². The molecule has 1 heterocycles. The molecule has 0 aromatic heterocycles. The van der Waals surface area contributed by atoms with Crippen LogP contribution < -0.4 is 10.1 Å². The zero-order chi connectivity index (χ0) is 13.9. The zero-order valence-corrected chi connectivity index (χ0v) is 11.5. The number of amides is 1. The molecule has 4 nitrogen and oxygen atoms in total. The van der Waals surface area contributed by atoms with Gasteiger partial charge in [-0.15, -0.1) is 0 Å². The first-order valence-electron chi connectivity index (χ1n) is 7.32. The van der Waals surface area contributed by atoms with Crippen molar-refractivity contribution in [1.82, 2.24) is 0 Å². The molecule has 20 heavy (non-hydrogen) atoms. The Hall–Kier alpha value is -1.84. The number of ether oxygens (including phenoxy) is 1. The number of Topliss-reactive ketones (excluding diaryl/α,β-unsaturated/α-hetero) is 1. The van der Waals surface area contributed by atoms with Crippen molar-refractivity contribution in [2.75, 3.05) is 11.9 Å². The van der Waals surface area contributed by atoms with Gasteiger partial charge in [0.2, 0.25) is 0 Å². The van der Waals surface area contributed by atoms with Crippen LogP contribution in [0.5, 0.6) is 5.75 Å². The summed E-state index contributed by atoms with van der Waals surface area (Å²) in [6.45, 7) is 0.0436. The quantitative estimate of drug-likeness (QED) is 0.857. The molecule has 106 valence electrons. The minimum Gasteiger partial charge on any atom is -0.482 e. The topological polar surface area (TPSA) is 55.4 Å². The van der Waals surface area contributed by atoms with Gasteiger partial charge in [0.05, 0.1) is 5.69 Å². The molecule has 0 saturated heterocycles. The molecule has 1 aromatic carbocycles. The van der Waals surface area contributed by atoms with Gasteiger partial charge >= 0.3 is 0 Å². The Bertz CT molecular complexity index is 533. The monoisotopic (exact) mass is 273 g/mol. The lowest BCUT2D eigenvalue weighted by Gasteiger charge is -2.18. The Labute approximate surface area is 118 Å². The van der Waals surface area contributed by atoms with E-state index in [0.29, 0.717) is 23.4 Å². The van der Waals surface area contributed by atoms with Gasteiger partial charge in [-0.3, -0.25) is 9.59 Å². The summed E-state index contributed by atoms with van der Waals surface area (Å²) in [5, 5.41) is 2.74. The van der Waals surface area contributed by atoms with Gasteiger partial charge in [-0.1, -0.05) is 25.7 Å². The van der Waals surface area contributed by atoms with Crippen molar-refractivity contribution in [3.05, 3.63) is 23.8 Å². The molecular formula is C16H19NO3. The van der Waals surface area contributed by atoms with Crippen LogP contribution in [0.25, 0.3) is 0 Å². The van der Waals surface area contributed by atoms with Crippen molar-refractivity contribution in [3.63, 3.8) is 0 Å². The summed E-state index contributed by atoms with van der Waals surface area (Å²) in [6, 6.07) is 5.27. The molecule has 0 atom stereocenters. The summed E-state index contributed by atoms with van der Waals surface area (Å²) < 4.78 is 5.29. The second-order valence-corrected chi connectivity index (χ2v) is 5.66. The lowest BCUT2D eigenvalue weighted by Crippen LogP contribution is -2.25. The number of fused-ring (bicyclic) bond motifs is 1. The van der Waals surface area contributed by atoms with E-state index < -0.39 is 0 Å². The molecule has 0 radical (unpaired) electrons. The molecule has 1 aromatic rings. The molecule has 1 aliphatic heterocycles. The summed E-state index contributed by atoms with van der Waals surface area (Å²) in [5.41, 5.74) is 1.26. The van der Waals surface area contributed by atoms with Crippen molar-refractivity contribution in [2.45, 2.75) is 38.5 Å². The summed E-state index contributed by atoms with van der Waals surface area (Å²) in [5.74, 6) is 1.34. The molecule has 1 aliphatic carbocycles. The van der Waals surface area contributed by atoms with Gasteiger partial charge < -0.3 is 10.1 Å². The van der Waals surface area contributed by atoms with Crippen LogP contribution in [0.4, 0.5) is 5.69 Å². The van der Waals surface area contributed by atoms with Crippen molar-refractivity contribution in [3.8, 4) is 5.75 Å². The Morgan fingerprint density at radius 1 is 1.30 bits per heavy atom. The average molecular weight is 273 g/mol. The fourth-order valence-corrected chi connectivity index (χ4v) is 3.04. The number of ketones is 1. The van der Waals surface area contributed by atoms with Crippen molar-refractivity contribution >= 4 is 17.4 Å². The molecule has 1 amide bonds. The maximum Gasteiger partial charge on any atom is 0.262 e. The van der Waals surface area contributed by atoms with Crippen LogP contribution >= 0.6 is 0 Å². The fourth-order valence-electron chi connectivity index (χ4n) is 3.04. The van der Waals surface area contributed by atoms with E-state index in [4.69, 9.17) is 4.74 Å². The fraction of sp³-hybridized carbons (Fsp3) is 0.500. The maximum atomic E-state index is 12.2. The third-order valence-corrected chi connectivity index (χ3v) is 4.19. The molecule has 2 aliphatic rings. The van der Waals surface area contributed by atoms with E-state index in [2.05, 4.69) is 5.32 Å². The minimum atomic E-state index is -0.173. The van der Waals surface area contributed by atoms with E-state index in [-0.39, 0.29) is 18.3 Å². The number of nitrogens with one attached hydrogen (secondary N) is 1. The van der Waals surface area contributed by atoms with Gasteiger partial charge in [0.15, 0.2) is 12.4 Å². The number of benzene rings is 1. The largest absolute Gasteiger partial charge is 0.482 e. The minimum absolute atomic E-state index is 0.0436. The van der Waals surface area contributed by atoms with E-state index in [0.717, 1.165) is 12.3 Å². The first kappa shape index (κ1) is 13.2. The van der Waals surface area contributed by atoms with Crippen LogP contribution in [-0.4, -0.2) is 18.3 Å². The first-order chi connectivity index (χ1) is 9.72. The highest BCUT2D eigenvalue weighted by molar-refractivity contribution is 6.00. The van der Waals surface area contributed by atoms with Gasteiger partial charge in [-0.05, 0) is 30.5 Å².